The number of carbonyl (C=O) groups excluding carboxylic acids is 1. The van der Waals surface area contributed by atoms with Gasteiger partial charge in [-0.25, -0.2) is 4.79 Å². The monoisotopic (exact) mass is 592 g/mol. The molecule has 1 atom stereocenters. The Labute approximate surface area is 236 Å². The SMILES string of the molecule is O=C(O)c1ccc(-c2nn(C(=O)c3c(Cl)cccc3C(F)(F)F)c3ccc(Cl)cc23)c(OC[C@@H]2CCCCO2)c1. The molecule has 40 heavy (non-hydrogen) atoms. The molecule has 1 aromatic heterocycles. The fourth-order valence-corrected chi connectivity index (χ4v) is 5.05. The molecule has 0 spiro atoms. The molecule has 208 valence electrons. The molecule has 0 saturated carbocycles. The van der Waals surface area contributed by atoms with E-state index in [-0.39, 0.29) is 45.3 Å². The molecule has 1 N–H and O–H groups in total. The van der Waals surface area contributed by atoms with Gasteiger partial charge in [0, 0.05) is 22.6 Å². The maximum Gasteiger partial charge on any atom is 0.417 e. The van der Waals surface area contributed by atoms with Crippen LogP contribution in [-0.2, 0) is 10.9 Å². The molecule has 5 rings (SSSR count). The standard InChI is InChI=1S/C28H21Cl2F3N2O5/c29-16-8-10-22-19(13-16)25(34-35(22)26(36)24-20(28(31,32)33)5-3-6-21(24)30)18-9-7-15(27(37)38)12-23(18)40-14-17-4-1-2-11-39-17/h3,5-10,12-13,17H,1-2,4,11,14H2,(H,37,38)/t17-/m0/s1. The average molecular weight is 593 g/mol. The highest BCUT2D eigenvalue weighted by Crippen LogP contribution is 2.39. The lowest BCUT2D eigenvalue weighted by atomic mass is 10.0. The number of nitrogens with zero attached hydrogens (tertiary/aromatic N) is 2. The fourth-order valence-electron chi connectivity index (χ4n) is 4.62. The summed E-state index contributed by atoms with van der Waals surface area (Å²) < 4.78 is 54.0. The van der Waals surface area contributed by atoms with E-state index in [2.05, 4.69) is 5.10 Å². The first kappa shape index (κ1) is 27.9. The summed E-state index contributed by atoms with van der Waals surface area (Å²) in [7, 11) is 0. The molecule has 0 amide bonds. The Morgan fingerprint density at radius 1 is 1.10 bits per heavy atom. The average Bonchev–Trinajstić information content (AvgIpc) is 3.29. The third kappa shape index (κ3) is 5.52. The van der Waals surface area contributed by atoms with Crippen molar-refractivity contribution in [2.24, 2.45) is 0 Å². The zero-order valence-electron chi connectivity index (χ0n) is 20.7. The van der Waals surface area contributed by atoms with Crippen LogP contribution < -0.4 is 4.74 Å². The first-order chi connectivity index (χ1) is 19.0. The van der Waals surface area contributed by atoms with Crippen molar-refractivity contribution in [1.82, 2.24) is 9.78 Å². The predicted octanol–water partition coefficient (Wildman–Crippen LogP) is 7.36. The van der Waals surface area contributed by atoms with Gasteiger partial charge < -0.3 is 14.6 Å². The van der Waals surface area contributed by atoms with Gasteiger partial charge >= 0.3 is 12.1 Å². The fraction of sp³-hybridized carbons (Fsp3) is 0.250. The first-order valence-electron chi connectivity index (χ1n) is 12.3. The third-order valence-corrected chi connectivity index (χ3v) is 7.10. The van der Waals surface area contributed by atoms with Crippen LogP contribution in [0.4, 0.5) is 13.2 Å². The number of carboxylic acid groups (broad SMARTS) is 1. The number of carboxylic acids is 1. The van der Waals surface area contributed by atoms with Crippen LogP contribution in [0.3, 0.4) is 0 Å². The van der Waals surface area contributed by atoms with Gasteiger partial charge in [-0.3, -0.25) is 4.79 Å². The van der Waals surface area contributed by atoms with Gasteiger partial charge in [-0.2, -0.15) is 23.0 Å². The highest BCUT2D eigenvalue weighted by atomic mass is 35.5. The Morgan fingerprint density at radius 3 is 2.60 bits per heavy atom. The number of fused-ring (bicyclic) bond motifs is 1. The molecule has 0 bridgehead atoms. The van der Waals surface area contributed by atoms with Crippen LogP contribution in [0.15, 0.2) is 54.6 Å². The molecule has 0 aliphatic carbocycles. The van der Waals surface area contributed by atoms with Gasteiger partial charge in [-0.05, 0) is 67.8 Å². The Balaban J connectivity index is 1.66. The highest BCUT2D eigenvalue weighted by molar-refractivity contribution is 6.34. The molecule has 1 aliphatic heterocycles. The van der Waals surface area contributed by atoms with Gasteiger partial charge in [-0.1, -0.05) is 29.3 Å². The van der Waals surface area contributed by atoms with Gasteiger partial charge in [0.05, 0.1) is 33.3 Å². The summed E-state index contributed by atoms with van der Waals surface area (Å²) in [6.07, 6.45) is -2.36. The topological polar surface area (TPSA) is 90.7 Å². The molecule has 7 nitrogen and oxygen atoms in total. The smallest absolute Gasteiger partial charge is 0.417 e. The second-order valence-electron chi connectivity index (χ2n) is 9.20. The molecule has 4 aromatic rings. The largest absolute Gasteiger partial charge is 0.490 e. The number of aromatic carboxylic acids is 1. The molecule has 0 unspecified atom stereocenters. The van der Waals surface area contributed by atoms with E-state index in [9.17, 15) is 27.9 Å². The summed E-state index contributed by atoms with van der Waals surface area (Å²) in [6, 6.07) is 11.7. The quantitative estimate of drug-likeness (QED) is 0.251. The molecule has 1 saturated heterocycles. The molecule has 2 heterocycles. The number of alkyl halides is 3. The van der Waals surface area contributed by atoms with Crippen LogP contribution in [-0.4, -0.2) is 46.1 Å². The predicted molar refractivity (Wildman–Crippen MR) is 142 cm³/mol. The number of rotatable bonds is 6. The van der Waals surface area contributed by atoms with Gasteiger partial charge in [0.25, 0.3) is 5.91 Å². The second-order valence-corrected chi connectivity index (χ2v) is 10.0. The van der Waals surface area contributed by atoms with Crippen LogP contribution in [0.2, 0.25) is 10.0 Å². The Bertz CT molecular complexity index is 1610. The maximum absolute atomic E-state index is 13.8. The number of ether oxygens (including phenoxy) is 2. The van der Waals surface area contributed by atoms with Crippen molar-refractivity contribution >= 4 is 46.0 Å². The molecule has 1 aliphatic rings. The highest BCUT2D eigenvalue weighted by Gasteiger charge is 2.37. The summed E-state index contributed by atoms with van der Waals surface area (Å²) >= 11 is 12.3. The first-order valence-corrected chi connectivity index (χ1v) is 13.0. The van der Waals surface area contributed by atoms with E-state index >= 15 is 0 Å². The minimum absolute atomic E-state index is 0.0490. The molecular weight excluding hydrogens is 572 g/mol. The van der Waals surface area contributed by atoms with Crippen LogP contribution >= 0.6 is 23.2 Å². The normalized spacial score (nSPS) is 15.8. The van der Waals surface area contributed by atoms with Crippen molar-refractivity contribution in [3.05, 3.63) is 81.3 Å². The van der Waals surface area contributed by atoms with E-state index in [1.54, 1.807) is 0 Å². The van der Waals surface area contributed by atoms with Crippen molar-refractivity contribution in [2.75, 3.05) is 13.2 Å². The summed E-state index contributed by atoms with van der Waals surface area (Å²) in [5.74, 6) is -2.13. The number of benzene rings is 3. The lowest BCUT2D eigenvalue weighted by molar-refractivity contribution is -0.137. The van der Waals surface area contributed by atoms with Gasteiger partial charge in [0.2, 0.25) is 0 Å². The molecule has 12 heteroatoms. The van der Waals surface area contributed by atoms with Gasteiger partial charge in [-0.15, -0.1) is 0 Å². The molecule has 1 fully saturated rings. The summed E-state index contributed by atoms with van der Waals surface area (Å²) in [5.41, 5.74) is -1.37. The number of hydrogen-bond acceptors (Lipinski definition) is 5. The van der Waals surface area contributed by atoms with Crippen molar-refractivity contribution in [2.45, 2.75) is 31.5 Å². The number of hydrogen-bond donors (Lipinski definition) is 1. The zero-order valence-corrected chi connectivity index (χ0v) is 22.2. The lowest BCUT2D eigenvalue weighted by Crippen LogP contribution is -2.26. The summed E-state index contributed by atoms with van der Waals surface area (Å²) in [5, 5.41) is 14.2. The lowest BCUT2D eigenvalue weighted by Gasteiger charge is -2.23. The van der Waals surface area contributed by atoms with Crippen LogP contribution in [0.5, 0.6) is 5.75 Å². The van der Waals surface area contributed by atoms with Crippen molar-refractivity contribution in [3.63, 3.8) is 0 Å². The Kier molecular flexibility index (Phi) is 7.76. The number of carbonyl (C=O) groups is 2. The minimum atomic E-state index is -4.85. The summed E-state index contributed by atoms with van der Waals surface area (Å²) in [6.45, 7) is 0.733. The van der Waals surface area contributed by atoms with E-state index in [1.807, 2.05) is 0 Å². The van der Waals surface area contributed by atoms with E-state index in [0.29, 0.717) is 17.6 Å². The maximum atomic E-state index is 13.8. The second kappa shape index (κ2) is 11.1. The van der Waals surface area contributed by atoms with E-state index < -0.39 is 29.2 Å². The van der Waals surface area contributed by atoms with Gasteiger partial charge in [0.15, 0.2) is 0 Å². The van der Waals surface area contributed by atoms with Crippen LogP contribution in [0.1, 0.15) is 45.5 Å². The van der Waals surface area contributed by atoms with Crippen LogP contribution in [0.25, 0.3) is 22.2 Å². The molecule has 0 radical (unpaired) electrons. The van der Waals surface area contributed by atoms with Gasteiger partial charge in [0.1, 0.15) is 18.1 Å². The third-order valence-electron chi connectivity index (χ3n) is 6.55. The minimum Gasteiger partial charge on any atom is -0.490 e. The van der Waals surface area contributed by atoms with Crippen molar-refractivity contribution in [1.29, 1.82) is 0 Å². The Hall–Kier alpha value is -3.60. The molecular formula is C28H21Cl2F3N2O5. The zero-order chi connectivity index (χ0) is 28.6. The van der Waals surface area contributed by atoms with E-state index in [1.165, 1.54) is 42.5 Å². The van der Waals surface area contributed by atoms with E-state index in [4.69, 9.17) is 32.7 Å². The number of aromatic nitrogens is 2. The summed E-state index contributed by atoms with van der Waals surface area (Å²) in [4.78, 5) is 25.3. The van der Waals surface area contributed by atoms with E-state index in [0.717, 1.165) is 36.1 Å². The van der Waals surface area contributed by atoms with Crippen molar-refractivity contribution in [3.8, 4) is 17.0 Å². The van der Waals surface area contributed by atoms with Crippen LogP contribution in [0, 0.1) is 0 Å². The molecule has 3 aromatic carbocycles. The number of halogens is 5. The van der Waals surface area contributed by atoms with Crippen molar-refractivity contribution < 1.29 is 37.3 Å². The Morgan fingerprint density at radius 2 is 1.90 bits per heavy atom.